The van der Waals surface area contributed by atoms with Crippen molar-refractivity contribution in [2.24, 2.45) is 17.6 Å². The van der Waals surface area contributed by atoms with Crippen molar-refractivity contribution in [1.82, 2.24) is 4.90 Å². The Labute approximate surface area is 126 Å². The molecule has 0 aromatic rings. The molecular formula is C14H27BN2O4. The molecule has 5 N–H and O–H groups in total. The molecule has 1 aliphatic heterocycles. The Morgan fingerprint density at radius 3 is 2.57 bits per heavy atom. The van der Waals surface area contributed by atoms with Crippen molar-refractivity contribution in [2.75, 3.05) is 13.1 Å². The second kappa shape index (κ2) is 7.58. The van der Waals surface area contributed by atoms with E-state index in [-0.39, 0.29) is 17.9 Å². The molecule has 0 aromatic heterocycles. The largest absolute Gasteiger partial charge is 0.481 e. The summed E-state index contributed by atoms with van der Waals surface area (Å²) in [6, 6.07) is 0.472. The Kier molecular flexibility index (Phi) is 6.04. The number of hydrogen-bond donors (Lipinski definition) is 4. The molecule has 0 radical (unpaired) electrons. The van der Waals surface area contributed by atoms with Gasteiger partial charge in [-0.15, -0.1) is 0 Å². The highest BCUT2D eigenvalue weighted by molar-refractivity contribution is 6.40. The maximum absolute atomic E-state index is 11.5. The molecule has 2 fully saturated rings. The quantitative estimate of drug-likeness (QED) is 0.520. The minimum absolute atomic E-state index is 0.0929. The molecule has 21 heavy (non-hydrogen) atoms. The third-order valence-corrected chi connectivity index (χ3v) is 5.07. The summed E-state index contributed by atoms with van der Waals surface area (Å²) < 4.78 is 0. The number of likely N-dealkylation sites (tertiary alicyclic amines) is 1. The molecule has 4 unspecified atom stereocenters. The molecule has 0 bridgehead atoms. The molecular weight excluding hydrogens is 271 g/mol. The van der Waals surface area contributed by atoms with Gasteiger partial charge in [-0.2, -0.15) is 0 Å². The van der Waals surface area contributed by atoms with Crippen LogP contribution in [0.5, 0.6) is 0 Å². The lowest BCUT2D eigenvalue weighted by Crippen LogP contribution is -2.49. The topological polar surface area (TPSA) is 107 Å². The van der Waals surface area contributed by atoms with Crippen LogP contribution in [0, 0.1) is 11.8 Å². The number of nitrogens with zero attached hydrogens (tertiary/aromatic N) is 1. The predicted octanol–water partition coefficient (Wildman–Crippen LogP) is 0.142. The number of hydrogen-bond acceptors (Lipinski definition) is 5. The Morgan fingerprint density at radius 2 is 1.95 bits per heavy atom. The van der Waals surface area contributed by atoms with Gasteiger partial charge in [-0.05, 0) is 31.5 Å². The van der Waals surface area contributed by atoms with Gasteiger partial charge in [0.15, 0.2) is 0 Å². The molecule has 1 aliphatic carbocycles. The van der Waals surface area contributed by atoms with Crippen LogP contribution in [0.1, 0.15) is 38.5 Å². The summed E-state index contributed by atoms with van der Waals surface area (Å²) in [5, 5.41) is 27.2. The molecule has 1 heterocycles. The molecule has 2 rings (SSSR count). The molecule has 0 aromatic carbocycles. The van der Waals surface area contributed by atoms with Gasteiger partial charge < -0.3 is 20.9 Å². The monoisotopic (exact) mass is 298 g/mol. The number of aliphatic carboxylic acids is 1. The first kappa shape index (κ1) is 16.7. The van der Waals surface area contributed by atoms with Crippen LogP contribution in [-0.2, 0) is 4.79 Å². The number of carboxylic acid groups (broad SMARTS) is 1. The number of nitrogens with two attached hydrogens (primary N) is 1. The van der Waals surface area contributed by atoms with Crippen LogP contribution in [0.25, 0.3) is 0 Å². The molecule has 0 spiro atoms. The molecule has 7 heteroatoms. The summed E-state index contributed by atoms with van der Waals surface area (Å²) in [5.74, 6) is -0.998. The fraction of sp³-hybridized carbons (Fsp3) is 0.929. The molecule has 2 aliphatic rings. The van der Waals surface area contributed by atoms with Crippen LogP contribution in [0.4, 0.5) is 0 Å². The van der Waals surface area contributed by atoms with Gasteiger partial charge in [0.1, 0.15) is 0 Å². The number of rotatable bonds is 6. The van der Waals surface area contributed by atoms with E-state index in [9.17, 15) is 9.90 Å². The summed E-state index contributed by atoms with van der Waals surface area (Å²) in [5.41, 5.74) is 6.21. The molecule has 120 valence electrons. The van der Waals surface area contributed by atoms with Crippen molar-refractivity contribution in [3.05, 3.63) is 0 Å². The van der Waals surface area contributed by atoms with Crippen LogP contribution in [0.15, 0.2) is 0 Å². The highest BCUT2D eigenvalue weighted by Gasteiger charge is 2.41. The maximum Gasteiger partial charge on any atom is 0.451 e. The van der Waals surface area contributed by atoms with E-state index in [1.807, 2.05) is 0 Å². The fourth-order valence-corrected chi connectivity index (χ4v) is 3.90. The molecule has 4 atom stereocenters. The zero-order chi connectivity index (χ0) is 15.4. The van der Waals surface area contributed by atoms with E-state index in [0.717, 1.165) is 25.8 Å². The normalized spacial score (nSPS) is 34.0. The molecule has 0 amide bonds. The van der Waals surface area contributed by atoms with E-state index < -0.39 is 13.1 Å². The first-order valence-corrected chi connectivity index (χ1v) is 8.07. The molecule has 1 saturated carbocycles. The Morgan fingerprint density at radius 1 is 1.24 bits per heavy atom. The second-order valence-corrected chi connectivity index (χ2v) is 6.59. The maximum atomic E-state index is 11.5. The lowest BCUT2D eigenvalue weighted by atomic mass is 9.80. The Hall–Kier alpha value is -0.625. The summed E-state index contributed by atoms with van der Waals surface area (Å²) in [7, 11) is -1.29. The zero-order valence-corrected chi connectivity index (χ0v) is 12.5. The van der Waals surface area contributed by atoms with Crippen molar-refractivity contribution in [3.63, 3.8) is 0 Å². The van der Waals surface area contributed by atoms with Crippen molar-refractivity contribution >= 4 is 13.1 Å². The zero-order valence-electron chi connectivity index (χ0n) is 12.5. The molecule has 1 saturated heterocycles. The van der Waals surface area contributed by atoms with E-state index in [1.54, 1.807) is 0 Å². The van der Waals surface area contributed by atoms with Crippen molar-refractivity contribution in [1.29, 1.82) is 0 Å². The van der Waals surface area contributed by atoms with E-state index in [2.05, 4.69) is 4.90 Å². The minimum atomic E-state index is -1.29. The van der Waals surface area contributed by atoms with Crippen LogP contribution >= 0.6 is 0 Å². The lowest BCUT2D eigenvalue weighted by molar-refractivity contribution is -0.142. The second-order valence-electron chi connectivity index (χ2n) is 6.59. The average molecular weight is 298 g/mol. The Bertz CT molecular complexity index is 356. The predicted molar refractivity (Wildman–Crippen MR) is 80.7 cm³/mol. The highest BCUT2D eigenvalue weighted by Crippen LogP contribution is 2.33. The number of carboxylic acids is 1. The van der Waals surface area contributed by atoms with E-state index in [1.165, 1.54) is 12.8 Å². The van der Waals surface area contributed by atoms with Gasteiger partial charge >= 0.3 is 13.1 Å². The third kappa shape index (κ3) is 4.42. The summed E-state index contributed by atoms with van der Waals surface area (Å²) in [6.07, 6.45) is 6.13. The van der Waals surface area contributed by atoms with Crippen molar-refractivity contribution in [2.45, 2.75) is 56.9 Å². The summed E-state index contributed by atoms with van der Waals surface area (Å²) in [6.45, 7) is 1.36. The lowest BCUT2D eigenvalue weighted by Gasteiger charge is -2.36. The van der Waals surface area contributed by atoms with Gasteiger partial charge in [-0.1, -0.05) is 19.3 Å². The standard InChI is InChI=1S/C14H27BN2O4/c16-12-5-1-2-6-13(12)17-8-10(4-3-7-15(20)21)11(9-17)14(18)19/h10-13,20-21H,1-9,16H2,(H,18,19). The average Bonchev–Trinajstić information content (AvgIpc) is 2.83. The minimum Gasteiger partial charge on any atom is -0.481 e. The van der Waals surface area contributed by atoms with Crippen LogP contribution in [0.3, 0.4) is 0 Å². The number of carbonyl (C=O) groups is 1. The molecule has 6 nitrogen and oxygen atoms in total. The highest BCUT2D eigenvalue weighted by atomic mass is 16.4. The van der Waals surface area contributed by atoms with E-state index in [0.29, 0.717) is 25.3 Å². The van der Waals surface area contributed by atoms with Crippen molar-refractivity contribution < 1.29 is 19.9 Å². The van der Waals surface area contributed by atoms with Crippen molar-refractivity contribution in [3.8, 4) is 0 Å². The SMILES string of the molecule is NC1CCCCC1N1CC(CCCB(O)O)C(C(=O)O)C1. The van der Waals surface area contributed by atoms with Crippen LogP contribution in [0.2, 0.25) is 6.32 Å². The van der Waals surface area contributed by atoms with Gasteiger partial charge in [0.2, 0.25) is 0 Å². The fourth-order valence-electron chi connectivity index (χ4n) is 3.90. The van der Waals surface area contributed by atoms with E-state index >= 15 is 0 Å². The summed E-state index contributed by atoms with van der Waals surface area (Å²) >= 11 is 0. The third-order valence-electron chi connectivity index (χ3n) is 5.07. The van der Waals surface area contributed by atoms with Gasteiger partial charge in [0, 0.05) is 25.2 Å². The first-order chi connectivity index (χ1) is 9.99. The van der Waals surface area contributed by atoms with Crippen LogP contribution in [-0.4, -0.2) is 58.3 Å². The smallest absolute Gasteiger partial charge is 0.451 e. The summed E-state index contributed by atoms with van der Waals surface area (Å²) in [4.78, 5) is 13.7. The van der Waals surface area contributed by atoms with Gasteiger partial charge in [-0.3, -0.25) is 9.69 Å². The van der Waals surface area contributed by atoms with Crippen LogP contribution < -0.4 is 5.73 Å². The first-order valence-electron chi connectivity index (χ1n) is 8.07. The van der Waals surface area contributed by atoms with Gasteiger partial charge in [0.05, 0.1) is 5.92 Å². The Balaban J connectivity index is 1.92. The van der Waals surface area contributed by atoms with E-state index in [4.69, 9.17) is 15.8 Å². The van der Waals surface area contributed by atoms with Gasteiger partial charge in [-0.25, -0.2) is 0 Å². The van der Waals surface area contributed by atoms with Gasteiger partial charge in [0.25, 0.3) is 0 Å².